The topological polar surface area (TPSA) is 46.6 Å². The molecule has 1 saturated heterocycles. The zero-order valence-corrected chi connectivity index (χ0v) is 16.4. The molecule has 140 valence electrons. The van der Waals surface area contributed by atoms with E-state index < -0.39 is 10.0 Å². The van der Waals surface area contributed by atoms with Gasteiger partial charge in [0.15, 0.2) is 0 Å². The number of ether oxygens (including phenoxy) is 1. The first-order valence-electron chi connectivity index (χ1n) is 8.44. The highest BCUT2D eigenvalue weighted by Crippen LogP contribution is 2.37. The lowest BCUT2D eigenvalue weighted by molar-refractivity contribution is 0.410. The largest absolute Gasteiger partial charge is 0.496 e. The smallest absolute Gasteiger partial charge is 0.243 e. The molecule has 1 aliphatic rings. The molecule has 0 N–H and O–H groups in total. The third-order valence-corrected chi connectivity index (χ3v) is 7.76. The summed E-state index contributed by atoms with van der Waals surface area (Å²) in [5, 5.41) is -0.0333. The van der Waals surface area contributed by atoms with Crippen LogP contribution in [-0.2, 0) is 10.0 Å². The van der Waals surface area contributed by atoms with Crippen LogP contribution in [0.15, 0.2) is 47.4 Å². The molecule has 0 spiro atoms. The van der Waals surface area contributed by atoms with Gasteiger partial charge in [-0.05, 0) is 43.2 Å². The van der Waals surface area contributed by atoms with Gasteiger partial charge in [-0.1, -0.05) is 18.2 Å². The summed E-state index contributed by atoms with van der Waals surface area (Å²) in [4.78, 5) is 0.269. The number of rotatable bonds is 4. The molecule has 1 fully saturated rings. The van der Waals surface area contributed by atoms with Gasteiger partial charge in [-0.3, -0.25) is 0 Å². The molecule has 1 atom stereocenters. The highest BCUT2D eigenvalue weighted by atomic mass is 32.2. The number of methoxy groups -OCH3 is 1. The Kier molecular flexibility index (Phi) is 5.89. The summed E-state index contributed by atoms with van der Waals surface area (Å²) in [7, 11) is -2.02. The summed E-state index contributed by atoms with van der Waals surface area (Å²) in [6.45, 7) is 2.62. The summed E-state index contributed by atoms with van der Waals surface area (Å²) in [6, 6.07) is 11.6. The van der Waals surface area contributed by atoms with Crippen LogP contribution in [0.1, 0.15) is 22.8 Å². The van der Waals surface area contributed by atoms with E-state index in [1.807, 2.05) is 13.0 Å². The van der Waals surface area contributed by atoms with Gasteiger partial charge in [0, 0.05) is 29.7 Å². The Labute approximate surface area is 158 Å². The van der Waals surface area contributed by atoms with Gasteiger partial charge in [-0.25, -0.2) is 12.8 Å². The summed E-state index contributed by atoms with van der Waals surface area (Å²) in [5.74, 6) is 1.06. The van der Waals surface area contributed by atoms with E-state index in [9.17, 15) is 12.8 Å². The lowest BCUT2D eigenvalue weighted by Crippen LogP contribution is -2.33. The first-order chi connectivity index (χ1) is 12.4. The zero-order valence-electron chi connectivity index (χ0n) is 14.8. The van der Waals surface area contributed by atoms with Crippen LogP contribution in [0.2, 0.25) is 0 Å². The monoisotopic (exact) mass is 395 g/mol. The van der Waals surface area contributed by atoms with Crippen molar-refractivity contribution in [3.05, 3.63) is 59.4 Å². The van der Waals surface area contributed by atoms with E-state index >= 15 is 0 Å². The number of benzene rings is 2. The van der Waals surface area contributed by atoms with Gasteiger partial charge in [0.05, 0.1) is 12.0 Å². The summed E-state index contributed by atoms with van der Waals surface area (Å²) in [6.07, 6.45) is 0.583. The van der Waals surface area contributed by atoms with E-state index in [4.69, 9.17) is 4.74 Å². The molecule has 3 rings (SSSR count). The molecule has 0 saturated carbocycles. The minimum absolute atomic E-state index is 0.0333. The van der Waals surface area contributed by atoms with Gasteiger partial charge in [0.1, 0.15) is 11.6 Å². The average Bonchev–Trinajstić information content (AvgIpc) is 2.88. The maximum Gasteiger partial charge on any atom is 0.243 e. The number of sulfonamides is 1. The van der Waals surface area contributed by atoms with E-state index in [2.05, 4.69) is 0 Å². The fourth-order valence-electron chi connectivity index (χ4n) is 3.14. The molecule has 4 nitrogen and oxygen atoms in total. The molecule has 1 aliphatic heterocycles. The van der Waals surface area contributed by atoms with Crippen molar-refractivity contribution in [1.82, 2.24) is 4.31 Å². The lowest BCUT2D eigenvalue weighted by Gasteiger charge is -2.20. The number of aryl methyl sites for hydroxylation is 1. The van der Waals surface area contributed by atoms with Gasteiger partial charge in [0.2, 0.25) is 10.0 Å². The van der Waals surface area contributed by atoms with Crippen molar-refractivity contribution >= 4 is 21.8 Å². The van der Waals surface area contributed by atoms with Crippen LogP contribution in [0.4, 0.5) is 4.39 Å². The van der Waals surface area contributed by atoms with Gasteiger partial charge < -0.3 is 4.74 Å². The molecule has 0 amide bonds. The summed E-state index contributed by atoms with van der Waals surface area (Å²) >= 11 is 1.61. The van der Waals surface area contributed by atoms with E-state index in [0.29, 0.717) is 36.6 Å². The minimum atomic E-state index is -3.58. The minimum Gasteiger partial charge on any atom is -0.496 e. The van der Waals surface area contributed by atoms with Crippen molar-refractivity contribution < 1.29 is 17.5 Å². The Morgan fingerprint density at radius 2 is 1.96 bits per heavy atom. The van der Waals surface area contributed by atoms with Crippen LogP contribution >= 0.6 is 11.8 Å². The Hall–Kier alpha value is -1.57. The fourth-order valence-corrected chi connectivity index (χ4v) is 6.05. The van der Waals surface area contributed by atoms with Crippen molar-refractivity contribution in [2.24, 2.45) is 0 Å². The van der Waals surface area contributed by atoms with Crippen LogP contribution in [0.3, 0.4) is 0 Å². The van der Waals surface area contributed by atoms with Crippen molar-refractivity contribution in [3.63, 3.8) is 0 Å². The highest BCUT2D eigenvalue weighted by Gasteiger charge is 2.29. The quantitative estimate of drug-likeness (QED) is 0.785. The average molecular weight is 396 g/mol. The molecule has 26 heavy (non-hydrogen) atoms. The maximum atomic E-state index is 14.1. The summed E-state index contributed by atoms with van der Waals surface area (Å²) in [5.41, 5.74) is 1.43. The van der Waals surface area contributed by atoms with Gasteiger partial charge >= 0.3 is 0 Å². The number of hydrogen-bond donors (Lipinski definition) is 0. The molecule has 2 aromatic rings. The van der Waals surface area contributed by atoms with E-state index in [0.717, 1.165) is 5.56 Å². The van der Waals surface area contributed by atoms with Gasteiger partial charge in [-0.15, -0.1) is 0 Å². The Balaban J connectivity index is 1.80. The highest BCUT2D eigenvalue weighted by molar-refractivity contribution is 7.99. The number of nitrogens with zero attached hydrogens (tertiary/aromatic N) is 1. The molecule has 2 aromatic carbocycles. The van der Waals surface area contributed by atoms with E-state index in [-0.39, 0.29) is 16.0 Å². The van der Waals surface area contributed by atoms with Crippen LogP contribution in [0.5, 0.6) is 5.75 Å². The molecule has 0 radical (unpaired) electrons. The zero-order chi connectivity index (χ0) is 18.7. The third kappa shape index (κ3) is 3.89. The second-order valence-electron chi connectivity index (χ2n) is 6.21. The molecule has 7 heteroatoms. The Bertz CT molecular complexity index is 886. The van der Waals surface area contributed by atoms with Crippen LogP contribution < -0.4 is 4.74 Å². The first kappa shape index (κ1) is 19.2. The van der Waals surface area contributed by atoms with Crippen LogP contribution in [0, 0.1) is 12.7 Å². The number of thioether (sulfide) groups is 1. The molecule has 1 heterocycles. The Morgan fingerprint density at radius 3 is 2.65 bits per heavy atom. The molecule has 0 aromatic heterocycles. The van der Waals surface area contributed by atoms with E-state index in [1.54, 1.807) is 49.2 Å². The second kappa shape index (κ2) is 7.98. The SMILES string of the molecule is COc1ccc(S(=O)(=O)N2CCSC(c3ccccc3F)CC2)cc1C. The first-order valence-corrected chi connectivity index (χ1v) is 10.9. The predicted molar refractivity (Wildman–Crippen MR) is 103 cm³/mol. The number of hydrogen-bond acceptors (Lipinski definition) is 4. The molecular formula is C19H22FNO3S2. The second-order valence-corrected chi connectivity index (χ2v) is 9.45. The van der Waals surface area contributed by atoms with Gasteiger partial charge in [-0.2, -0.15) is 16.1 Å². The molecule has 0 aliphatic carbocycles. The van der Waals surface area contributed by atoms with E-state index in [1.165, 1.54) is 10.4 Å². The van der Waals surface area contributed by atoms with Crippen molar-refractivity contribution in [1.29, 1.82) is 0 Å². The molecule has 1 unspecified atom stereocenters. The Morgan fingerprint density at radius 1 is 1.19 bits per heavy atom. The van der Waals surface area contributed by atoms with Crippen LogP contribution in [-0.4, -0.2) is 38.7 Å². The fraction of sp³-hybridized carbons (Fsp3) is 0.368. The predicted octanol–water partition coefficient (Wildman–Crippen LogP) is 4.01. The maximum absolute atomic E-state index is 14.1. The van der Waals surface area contributed by atoms with Crippen molar-refractivity contribution in [3.8, 4) is 5.75 Å². The number of halogens is 1. The standard InChI is InChI=1S/C19H22FNO3S2/c1-14-13-15(7-8-18(14)24-2)26(22,23)21-10-9-19(25-12-11-21)16-5-3-4-6-17(16)20/h3-8,13,19H,9-12H2,1-2H3. The lowest BCUT2D eigenvalue weighted by atomic mass is 10.1. The molecular weight excluding hydrogens is 373 g/mol. The normalized spacial score (nSPS) is 19.1. The third-order valence-electron chi connectivity index (χ3n) is 4.56. The molecule has 0 bridgehead atoms. The summed E-state index contributed by atoms with van der Waals surface area (Å²) < 4.78 is 46.8. The van der Waals surface area contributed by atoms with Crippen LogP contribution in [0.25, 0.3) is 0 Å². The van der Waals surface area contributed by atoms with Crippen molar-refractivity contribution in [2.45, 2.75) is 23.5 Å². The van der Waals surface area contributed by atoms with Crippen molar-refractivity contribution in [2.75, 3.05) is 26.0 Å². The van der Waals surface area contributed by atoms with Gasteiger partial charge in [0.25, 0.3) is 0 Å².